The zero-order valence-corrected chi connectivity index (χ0v) is 13.8. The van der Waals surface area contributed by atoms with Gasteiger partial charge in [-0.1, -0.05) is 12.1 Å². The first kappa shape index (κ1) is 17.3. The summed E-state index contributed by atoms with van der Waals surface area (Å²) >= 11 is 0. The first-order valence-corrected chi connectivity index (χ1v) is 7.92. The molecule has 8 heteroatoms. The number of aromatic nitrogens is 1. The molecule has 0 saturated carbocycles. The van der Waals surface area contributed by atoms with E-state index in [0.717, 1.165) is 0 Å². The Balaban J connectivity index is 1.58. The fraction of sp³-hybridized carbons (Fsp3) is 0.167. The van der Waals surface area contributed by atoms with Crippen LogP contribution < -0.4 is 21.5 Å². The molecule has 1 heterocycles. The molecule has 0 fully saturated rings. The van der Waals surface area contributed by atoms with E-state index >= 15 is 0 Å². The highest BCUT2D eigenvalue weighted by molar-refractivity contribution is 5.90. The van der Waals surface area contributed by atoms with Gasteiger partial charge in [0, 0.05) is 18.7 Å². The lowest BCUT2D eigenvalue weighted by molar-refractivity contribution is -0.120. The minimum absolute atomic E-state index is 0.114. The number of fused-ring (bicyclic) bond motifs is 1. The second-order valence-electron chi connectivity index (χ2n) is 5.56. The van der Waals surface area contributed by atoms with Crippen molar-refractivity contribution in [3.05, 3.63) is 59.1 Å². The SMILES string of the molecule is NC(=O)COc1ccc(NC(=O)CCn2c(=O)oc3ccccc32)cc1. The summed E-state index contributed by atoms with van der Waals surface area (Å²) in [6, 6.07) is 13.6. The zero-order chi connectivity index (χ0) is 18.5. The van der Waals surface area contributed by atoms with Gasteiger partial charge in [-0.05, 0) is 36.4 Å². The van der Waals surface area contributed by atoms with Crippen LogP contribution in [0, 0.1) is 0 Å². The number of nitrogens with zero attached hydrogens (tertiary/aromatic N) is 1. The van der Waals surface area contributed by atoms with Crippen molar-refractivity contribution in [2.24, 2.45) is 5.73 Å². The molecule has 0 unspecified atom stereocenters. The minimum atomic E-state index is -0.565. The number of para-hydroxylation sites is 2. The Labute approximate surface area is 148 Å². The zero-order valence-electron chi connectivity index (χ0n) is 13.8. The number of hydrogen-bond donors (Lipinski definition) is 2. The van der Waals surface area contributed by atoms with Gasteiger partial charge in [0.25, 0.3) is 5.91 Å². The molecule has 0 bridgehead atoms. The number of nitrogens with two attached hydrogens (primary N) is 1. The van der Waals surface area contributed by atoms with E-state index in [-0.39, 0.29) is 25.5 Å². The third-order valence-corrected chi connectivity index (χ3v) is 3.66. The quantitative estimate of drug-likeness (QED) is 0.666. The van der Waals surface area contributed by atoms with E-state index in [1.165, 1.54) is 4.57 Å². The fourth-order valence-corrected chi connectivity index (χ4v) is 2.45. The molecule has 3 rings (SSSR count). The molecule has 0 radical (unpaired) electrons. The molecule has 0 atom stereocenters. The standard InChI is InChI=1S/C18H17N3O5/c19-16(22)11-25-13-7-5-12(6-8-13)20-17(23)9-10-21-14-3-1-2-4-15(14)26-18(21)24/h1-8H,9-11H2,(H2,19,22)(H,20,23). The maximum Gasteiger partial charge on any atom is 0.419 e. The van der Waals surface area contributed by atoms with Gasteiger partial charge in [0.2, 0.25) is 5.91 Å². The molecule has 3 aromatic rings. The highest BCUT2D eigenvalue weighted by Crippen LogP contribution is 2.16. The van der Waals surface area contributed by atoms with Crippen LogP contribution in [-0.4, -0.2) is 23.0 Å². The second kappa shape index (κ2) is 7.56. The maximum absolute atomic E-state index is 12.1. The number of hydrogen-bond acceptors (Lipinski definition) is 5. The molecule has 2 amide bonds. The highest BCUT2D eigenvalue weighted by Gasteiger charge is 2.10. The molecule has 2 aromatic carbocycles. The Kier molecular flexibility index (Phi) is 5.02. The summed E-state index contributed by atoms with van der Waals surface area (Å²) in [7, 11) is 0. The van der Waals surface area contributed by atoms with Gasteiger partial charge in [0.05, 0.1) is 5.52 Å². The molecular formula is C18H17N3O5. The number of nitrogens with one attached hydrogen (secondary N) is 1. The predicted octanol–water partition coefficient (Wildman–Crippen LogP) is 1.49. The van der Waals surface area contributed by atoms with Gasteiger partial charge in [-0.3, -0.25) is 14.2 Å². The van der Waals surface area contributed by atoms with Crippen LogP contribution in [0.25, 0.3) is 11.1 Å². The van der Waals surface area contributed by atoms with Crippen LogP contribution in [-0.2, 0) is 16.1 Å². The van der Waals surface area contributed by atoms with Crippen molar-refractivity contribution < 1.29 is 18.7 Å². The summed E-state index contributed by atoms with van der Waals surface area (Å²) in [4.78, 5) is 34.6. The van der Waals surface area contributed by atoms with Gasteiger partial charge < -0.3 is 20.2 Å². The molecule has 26 heavy (non-hydrogen) atoms. The smallest absolute Gasteiger partial charge is 0.419 e. The van der Waals surface area contributed by atoms with Gasteiger partial charge in [-0.25, -0.2) is 4.79 Å². The van der Waals surface area contributed by atoms with E-state index in [2.05, 4.69) is 5.32 Å². The number of benzene rings is 2. The molecule has 0 saturated heterocycles. The number of amides is 2. The first-order valence-electron chi connectivity index (χ1n) is 7.92. The van der Waals surface area contributed by atoms with Crippen molar-refractivity contribution in [2.45, 2.75) is 13.0 Å². The second-order valence-corrected chi connectivity index (χ2v) is 5.56. The molecular weight excluding hydrogens is 338 g/mol. The number of aryl methyl sites for hydroxylation is 1. The van der Waals surface area contributed by atoms with Gasteiger partial charge in [-0.2, -0.15) is 0 Å². The lowest BCUT2D eigenvalue weighted by Crippen LogP contribution is -2.20. The molecule has 0 spiro atoms. The minimum Gasteiger partial charge on any atom is -0.484 e. The molecule has 134 valence electrons. The van der Waals surface area contributed by atoms with Crippen LogP contribution in [0.3, 0.4) is 0 Å². The highest BCUT2D eigenvalue weighted by atomic mass is 16.5. The normalized spacial score (nSPS) is 10.6. The monoisotopic (exact) mass is 355 g/mol. The number of anilines is 1. The Morgan fingerprint density at radius 3 is 2.58 bits per heavy atom. The summed E-state index contributed by atoms with van der Waals surface area (Å²) < 4.78 is 11.7. The molecule has 3 N–H and O–H groups in total. The van der Waals surface area contributed by atoms with Crippen LogP contribution >= 0.6 is 0 Å². The van der Waals surface area contributed by atoms with E-state index in [1.54, 1.807) is 48.5 Å². The summed E-state index contributed by atoms with van der Waals surface area (Å²) in [5, 5.41) is 2.73. The first-order chi connectivity index (χ1) is 12.5. The Morgan fingerprint density at radius 2 is 1.85 bits per heavy atom. The fourth-order valence-electron chi connectivity index (χ4n) is 2.45. The Bertz CT molecular complexity index is 988. The third-order valence-electron chi connectivity index (χ3n) is 3.66. The van der Waals surface area contributed by atoms with Gasteiger partial charge in [-0.15, -0.1) is 0 Å². The predicted molar refractivity (Wildman–Crippen MR) is 94.9 cm³/mol. The van der Waals surface area contributed by atoms with Crippen molar-refractivity contribution in [3.8, 4) is 5.75 Å². The molecule has 8 nitrogen and oxygen atoms in total. The number of primary amides is 1. The average Bonchev–Trinajstić information content (AvgIpc) is 2.94. The average molecular weight is 355 g/mol. The van der Waals surface area contributed by atoms with Crippen LogP contribution in [0.5, 0.6) is 5.75 Å². The maximum atomic E-state index is 12.1. The number of carbonyl (C=O) groups is 2. The number of carbonyl (C=O) groups excluding carboxylic acids is 2. The van der Waals surface area contributed by atoms with Gasteiger partial charge in [0.15, 0.2) is 12.2 Å². The van der Waals surface area contributed by atoms with E-state index in [0.29, 0.717) is 22.5 Å². The van der Waals surface area contributed by atoms with Crippen molar-refractivity contribution in [1.82, 2.24) is 4.57 Å². The Hall–Kier alpha value is -3.55. The number of oxazole rings is 1. The largest absolute Gasteiger partial charge is 0.484 e. The van der Waals surface area contributed by atoms with E-state index in [4.69, 9.17) is 14.9 Å². The van der Waals surface area contributed by atoms with E-state index in [1.807, 2.05) is 0 Å². The Morgan fingerprint density at radius 1 is 1.12 bits per heavy atom. The lowest BCUT2D eigenvalue weighted by atomic mass is 10.3. The number of rotatable bonds is 7. The van der Waals surface area contributed by atoms with Crippen molar-refractivity contribution in [1.29, 1.82) is 0 Å². The van der Waals surface area contributed by atoms with Gasteiger partial charge >= 0.3 is 5.76 Å². The van der Waals surface area contributed by atoms with Crippen molar-refractivity contribution in [2.75, 3.05) is 11.9 Å². The summed E-state index contributed by atoms with van der Waals surface area (Å²) in [6.45, 7) is 0.000596. The summed E-state index contributed by atoms with van der Waals surface area (Å²) in [5.41, 5.74) is 6.72. The van der Waals surface area contributed by atoms with Crippen molar-refractivity contribution in [3.63, 3.8) is 0 Å². The number of ether oxygens (including phenoxy) is 1. The van der Waals surface area contributed by atoms with Gasteiger partial charge in [0.1, 0.15) is 5.75 Å². The lowest BCUT2D eigenvalue weighted by Gasteiger charge is -2.07. The molecule has 1 aromatic heterocycles. The van der Waals surface area contributed by atoms with Crippen molar-refractivity contribution >= 4 is 28.6 Å². The summed E-state index contributed by atoms with van der Waals surface area (Å²) in [5.74, 6) is -0.828. The molecule has 0 aliphatic carbocycles. The topological polar surface area (TPSA) is 117 Å². The third kappa shape index (κ3) is 4.10. The van der Waals surface area contributed by atoms with Crippen LogP contribution in [0.2, 0.25) is 0 Å². The van der Waals surface area contributed by atoms with E-state index in [9.17, 15) is 14.4 Å². The van der Waals surface area contributed by atoms with Crippen LogP contribution in [0.15, 0.2) is 57.7 Å². The molecule has 0 aliphatic heterocycles. The molecule has 0 aliphatic rings. The van der Waals surface area contributed by atoms with Crippen LogP contribution in [0.1, 0.15) is 6.42 Å². The van der Waals surface area contributed by atoms with E-state index < -0.39 is 11.7 Å². The van der Waals surface area contributed by atoms with Crippen LogP contribution in [0.4, 0.5) is 5.69 Å². The summed E-state index contributed by atoms with van der Waals surface area (Å²) in [6.07, 6.45) is 0.114.